The smallest absolute Gasteiger partial charge is 0.159 e. The number of rotatable bonds is 2. The van der Waals surface area contributed by atoms with Crippen LogP contribution in [0.15, 0.2) is 48.7 Å². The molecule has 0 bridgehead atoms. The standard InChI is InChI=1S/C15H10ClF2N/c16-12-2-4-15-11(8-12)5-6-19(15)9-10-1-3-13(17)14(18)7-10/h1-8H,9H2. The third-order valence-electron chi connectivity index (χ3n) is 3.07. The highest BCUT2D eigenvalue weighted by Crippen LogP contribution is 2.21. The quantitative estimate of drug-likeness (QED) is 0.644. The highest BCUT2D eigenvalue weighted by atomic mass is 35.5. The van der Waals surface area contributed by atoms with Crippen LogP contribution in [0.2, 0.25) is 5.02 Å². The molecule has 1 nitrogen and oxygen atoms in total. The minimum absolute atomic E-state index is 0.488. The van der Waals surface area contributed by atoms with Gasteiger partial charge in [0.15, 0.2) is 11.6 Å². The van der Waals surface area contributed by atoms with Crippen molar-refractivity contribution in [2.45, 2.75) is 6.54 Å². The molecule has 0 aliphatic rings. The highest BCUT2D eigenvalue weighted by molar-refractivity contribution is 6.31. The first-order chi connectivity index (χ1) is 9.13. The van der Waals surface area contributed by atoms with Gasteiger partial charge in [-0.3, -0.25) is 0 Å². The molecule has 1 aromatic heterocycles. The molecule has 0 aliphatic heterocycles. The zero-order valence-electron chi connectivity index (χ0n) is 9.91. The van der Waals surface area contributed by atoms with Crippen molar-refractivity contribution in [3.63, 3.8) is 0 Å². The molecule has 4 heteroatoms. The summed E-state index contributed by atoms with van der Waals surface area (Å²) in [5.41, 5.74) is 1.72. The van der Waals surface area contributed by atoms with Gasteiger partial charge >= 0.3 is 0 Å². The maximum absolute atomic E-state index is 13.2. The van der Waals surface area contributed by atoms with Gasteiger partial charge in [-0.1, -0.05) is 17.7 Å². The molecular formula is C15H10ClF2N. The summed E-state index contributed by atoms with van der Waals surface area (Å²) >= 11 is 5.93. The summed E-state index contributed by atoms with van der Waals surface area (Å²) in [5.74, 6) is -1.65. The Kier molecular flexibility index (Phi) is 2.99. The van der Waals surface area contributed by atoms with Crippen molar-refractivity contribution in [3.05, 3.63) is 70.9 Å². The molecule has 1 heterocycles. The van der Waals surface area contributed by atoms with Crippen LogP contribution in [-0.4, -0.2) is 4.57 Å². The Bertz CT molecular complexity index is 749. The summed E-state index contributed by atoms with van der Waals surface area (Å²) < 4.78 is 28.0. The first-order valence-electron chi connectivity index (χ1n) is 5.82. The third-order valence-corrected chi connectivity index (χ3v) is 3.31. The van der Waals surface area contributed by atoms with Gasteiger partial charge in [0.05, 0.1) is 0 Å². The fourth-order valence-electron chi connectivity index (χ4n) is 2.14. The molecule has 2 aromatic carbocycles. The Balaban J connectivity index is 1.98. The van der Waals surface area contributed by atoms with E-state index < -0.39 is 11.6 Å². The van der Waals surface area contributed by atoms with E-state index in [9.17, 15) is 8.78 Å². The molecule has 0 amide bonds. The predicted octanol–water partition coefficient (Wildman–Crippen LogP) is 4.62. The van der Waals surface area contributed by atoms with Gasteiger partial charge in [0.2, 0.25) is 0 Å². The van der Waals surface area contributed by atoms with Gasteiger partial charge in [0.25, 0.3) is 0 Å². The van der Waals surface area contributed by atoms with Crippen LogP contribution in [0.3, 0.4) is 0 Å². The maximum atomic E-state index is 13.2. The SMILES string of the molecule is Fc1ccc(Cn2ccc3cc(Cl)ccc32)cc1F. The average Bonchev–Trinajstić information content (AvgIpc) is 2.76. The van der Waals surface area contributed by atoms with E-state index in [1.807, 2.05) is 35.0 Å². The largest absolute Gasteiger partial charge is 0.343 e. The minimum Gasteiger partial charge on any atom is -0.343 e. The lowest BCUT2D eigenvalue weighted by Crippen LogP contribution is -1.99. The molecule has 0 saturated carbocycles. The summed E-state index contributed by atoms with van der Waals surface area (Å²) in [6.45, 7) is 0.488. The Morgan fingerprint density at radius 2 is 1.79 bits per heavy atom. The summed E-state index contributed by atoms with van der Waals surface area (Å²) in [4.78, 5) is 0. The number of nitrogens with zero attached hydrogens (tertiary/aromatic N) is 1. The average molecular weight is 278 g/mol. The van der Waals surface area contributed by atoms with E-state index in [0.29, 0.717) is 17.1 Å². The number of halogens is 3. The van der Waals surface area contributed by atoms with E-state index in [1.165, 1.54) is 6.07 Å². The molecule has 0 spiro atoms. The molecule has 0 fully saturated rings. The Morgan fingerprint density at radius 3 is 2.58 bits per heavy atom. The zero-order chi connectivity index (χ0) is 13.4. The lowest BCUT2D eigenvalue weighted by molar-refractivity contribution is 0.506. The lowest BCUT2D eigenvalue weighted by atomic mass is 10.2. The Labute approximate surface area is 114 Å². The Hall–Kier alpha value is -1.87. The summed E-state index contributed by atoms with van der Waals surface area (Å²) in [7, 11) is 0. The molecule has 3 rings (SSSR count). The van der Waals surface area contributed by atoms with Gasteiger partial charge in [0.1, 0.15) is 0 Å². The van der Waals surface area contributed by atoms with Crippen molar-refractivity contribution in [1.82, 2.24) is 4.57 Å². The molecular weight excluding hydrogens is 268 g/mol. The van der Waals surface area contributed by atoms with Gasteiger partial charge in [-0.25, -0.2) is 8.78 Å². The predicted molar refractivity (Wildman–Crippen MR) is 72.4 cm³/mol. The van der Waals surface area contributed by atoms with Crippen molar-refractivity contribution in [2.24, 2.45) is 0 Å². The van der Waals surface area contributed by atoms with Crippen LogP contribution < -0.4 is 0 Å². The molecule has 0 N–H and O–H groups in total. The number of hydrogen-bond acceptors (Lipinski definition) is 0. The van der Waals surface area contributed by atoms with Crippen molar-refractivity contribution in [1.29, 1.82) is 0 Å². The van der Waals surface area contributed by atoms with Crippen molar-refractivity contribution in [2.75, 3.05) is 0 Å². The lowest BCUT2D eigenvalue weighted by Gasteiger charge is -2.06. The fourth-order valence-corrected chi connectivity index (χ4v) is 2.32. The van der Waals surface area contributed by atoms with Crippen LogP contribution in [0.25, 0.3) is 10.9 Å². The van der Waals surface area contributed by atoms with E-state index in [4.69, 9.17) is 11.6 Å². The van der Waals surface area contributed by atoms with Crippen molar-refractivity contribution >= 4 is 22.5 Å². The minimum atomic E-state index is -0.826. The second-order valence-corrected chi connectivity index (χ2v) is 4.83. The second-order valence-electron chi connectivity index (χ2n) is 4.40. The molecule has 96 valence electrons. The van der Waals surface area contributed by atoms with Crippen LogP contribution in [0.5, 0.6) is 0 Å². The molecule has 0 atom stereocenters. The molecule has 19 heavy (non-hydrogen) atoms. The van der Waals surface area contributed by atoms with E-state index in [-0.39, 0.29) is 0 Å². The van der Waals surface area contributed by atoms with Crippen LogP contribution >= 0.6 is 11.6 Å². The highest BCUT2D eigenvalue weighted by Gasteiger charge is 2.05. The van der Waals surface area contributed by atoms with Crippen LogP contribution in [0.1, 0.15) is 5.56 Å². The van der Waals surface area contributed by atoms with Gasteiger partial charge in [0, 0.05) is 28.7 Å². The molecule has 0 saturated heterocycles. The van der Waals surface area contributed by atoms with E-state index in [0.717, 1.165) is 17.0 Å². The van der Waals surface area contributed by atoms with Crippen molar-refractivity contribution < 1.29 is 8.78 Å². The monoisotopic (exact) mass is 277 g/mol. The number of fused-ring (bicyclic) bond motifs is 1. The summed E-state index contributed by atoms with van der Waals surface area (Å²) in [6, 6.07) is 11.5. The van der Waals surface area contributed by atoms with Gasteiger partial charge in [-0.2, -0.15) is 0 Å². The van der Waals surface area contributed by atoms with Crippen LogP contribution in [0.4, 0.5) is 8.78 Å². The van der Waals surface area contributed by atoms with E-state index in [1.54, 1.807) is 6.07 Å². The molecule has 0 unspecified atom stereocenters. The summed E-state index contributed by atoms with van der Waals surface area (Å²) in [6.07, 6.45) is 1.91. The third kappa shape index (κ3) is 2.34. The molecule has 0 aliphatic carbocycles. The zero-order valence-corrected chi connectivity index (χ0v) is 10.7. The number of aromatic nitrogens is 1. The number of benzene rings is 2. The van der Waals surface area contributed by atoms with Crippen LogP contribution in [-0.2, 0) is 6.54 Å². The summed E-state index contributed by atoms with van der Waals surface area (Å²) in [5, 5.41) is 1.70. The molecule has 0 radical (unpaired) electrons. The topological polar surface area (TPSA) is 4.93 Å². The first-order valence-corrected chi connectivity index (χ1v) is 6.19. The molecule has 3 aromatic rings. The first kappa shape index (κ1) is 12.2. The van der Waals surface area contributed by atoms with Gasteiger partial charge < -0.3 is 4.57 Å². The number of hydrogen-bond donors (Lipinski definition) is 0. The van der Waals surface area contributed by atoms with Gasteiger partial charge in [-0.05, 0) is 42.0 Å². The van der Waals surface area contributed by atoms with Crippen molar-refractivity contribution in [3.8, 4) is 0 Å². The maximum Gasteiger partial charge on any atom is 0.159 e. The normalized spacial score (nSPS) is 11.1. The van der Waals surface area contributed by atoms with E-state index in [2.05, 4.69) is 0 Å². The van der Waals surface area contributed by atoms with E-state index >= 15 is 0 Å². The Morgan fingerprint density at radius 1 is 0.947 bits per heavy atom. The van der Waals surface area contributed by atoms with Gasteiger partial charge in [-0.15, -0.1) is 0 Å². The fraction of sp³-hybridized carbons (Fsp3) is 0.0667. The van der Waals surface area contributed by atoms with Crippen LogP contribution in [0, 0.1) is 11.6 Å². The second kappa shape index (κ2) is 4.67.